The molecule has 2 heterocycles. The Morgan fingerprint density at radius 2 is 2.14 bits per heavy atom. The van der Waals surface area contributed by atoms with E-state index in [-0.39, 0.29) is 5.92 Å². The molecule has 1 aromatic rings. The summed E-state index contributed by atoms with van der Waals surface area (Å²) in [4.78, 5) is 1.48. The third-order valence-corrected chi connectivity index (χ3v) is 4.08. The molecule has 7 heteroatoms. The number of furan rings is 1. The minimum atomic E-state index is -4.09. The molecule has 1 atom stereocenters. The number of thioether (sulfide) groups is 1. The van der Waals surface area contributed by atoms with Gasteiger partial charge in [0.1, 0.15) is 11.5 Å². The topological polar surface area (TPSA) is 28.4 Å². The van der Waals surface area contributed by atoms with Crippen molar-refractivity contribution in [3.63, 3.8) is 0 Å². The average Bonchev–Trinajstić information content (AvgIpc) is 2.98. The van der Waals surface area contributed by atoms with Gasteiger partial charge in [-0.05, 0) is 43.8 Å². The molecule has 0 radical (unpaired) electrons. The summed E-state index contributed by atoms with van der Waals surface area (Å²) in [6, 6.07) is 3.91. The number of hydrogen-bond acceptors (Lipinski definition) is 4. The van der Waals surface area contributed by atoms with Gasteiger partial charge in [0.25, 0.3) is 0 Å². The molecule has 3 nitrogen and oxygen atoms in total. The first-order chi connectivity index (χ1) is 9.96. The molecule has 0 aliphatic carbocycles. The zero-order valence-electron chi connectivity index (χ0n) is 12.1. The van der Waals surface area contributed by atoms with Crippen LogP contribution in [0.15, 0.2) is 16.5 Å². The molecule has 1 aliphatic heterocycles. The Kier molecular flexibility index (Phi) is 6.01. The highest BCUT2D eigenvalue weighted by Crippen LogP contribution is 2.22. The van der Waals surface area contributed by atoms with Crippen molar-refractivity contribution in [1.29, 1.82) is 0 Å². The van der Waals surface area contributed by atoms with Crippen LogP contribution < -0.4 is 5.32 Å². The van der Waals surface area contributed by atoms with Crippen molar-refractivity contribution in [3.8, 4) is 0 Å². The van der Waals surface area contributed by atoms with Gasteiger partial charge in [0.2, 0.25) is 0 Å². The summed E-state index contributed by atoms with van der Waals surface area (Å²) >= 11 is 1.71. The maximum atomic E-state index is 12.3. The van der Waals surface area contributed by atoms with Crippen LogP contribution in [0.4, 0.5) is 13.2 Å². The molecule has 1 aliphatic rings. The lowest BCUT2D eigenvalue weighted by atomic mass is 10.1. The average molecular weight is 322 g/mol. The molecule has 21 heavy (non-hydrogen) atoms. The van der Waals surface area contributed by atoms with E-state index in [2.05, 4.69) is 5.32 Å². The van der Waals surface area contributed by atoms with E-state index in [1.807, 2.05) is 18.4 Å². The molecule has 0 bridgehead atoms. The third-order valence-electron chi connectivity index (χ3n) is 3.51. The van der Waals surface area contributed by atoms with Gasteiger partial charge in [-0.3, -0.25) is 4.90 Å². The number of halogens is 3. The number of alkyl halides is 3. The van der Waals surface area contributed by atoms with Gasteiger partial charge >= 0.3 is 6.18 Å². The van der Waals surface area contributed by atoms with Crippen LogP contribution in [0.5, 0.6) is 0 Å². The molecular weight excluding hydrogens is 301 g/mol. The minimum Gasteiger partial charge on any atom is -0.464 e. The first kappa shape index (κ1) is 16.7. The molecule has 0 spiro atoms. The highest BCUT2D eigenvalue weighted by atomic mass is 32.2. The molecule has 1 fully saturated rings. The van der Waals surface area contributed by atoms with Gasteiger partial charge in [-0.1, -0.05) is 0 Å². The van der Waals surface area contributed by atoms with Gasteiger partial charge in [0, 0.05) is 6.54 Å². The minimum absolute atomic E-state index is 0.285. The highest BCUT2D eigenvalue weighted by Gasteiger charge is 2.34. The van der Waals surface area contributed by atoms with E-state index in [0.717, 1.165) is 30.2 Å². The second-order valence-corrected chi connectivity index (χ2v) is 6.30. The van der Waals surface area contributed by atoms with Crippen LogP contribution in [-0.4, -0.2) is 43.5 Å². The Morgan fingerprint density at radius 1 is 1.38 bits per heavy atom. The predicted molar refractivity (Wildman–Crippen MR) is 78.2 cm³/mol. The molecule has 0 saturated carbocycles. The number of nitrogens with zero attached hydrogens (tertiary/aromatic N) is 1. The maximum absolute atomic E-state index is 12.3. The summed E-state index contributed by atoms with van der Waals surface area (Å²) in [6.07, 6.45) is -1.25. The fraction of sp³-hybridized carbons (Fsp3) is 0.714. The monoisotopic (exact) mass is 322 g/mol. The lowest BCUT2D eigenvalue weighted by Gasteiger charge is -2.17. The number of nitrogens with one attached hydrogen (secondary N) is 1. The van der Waals surface area contributed by atoms with Crippen molar-refractivity contribution in [2.75, 3.05) is 32.4 Å². The first-order valence-electron chi connectivity index (χ1n) is 7.02. The Labute approximate surface area is 127 Å². The van der Waals surface area contributed by atoms with E-state index in [1.54, 1.807) is 11.8 Å². The van der Waals surface area contributed by atoms with E-state index in [0.29, 0.717) is 19.6 Å². The molecule has 2 rings (SSSR count). The van der Waals surface area contributed by atoms with Crippen LogP contribution >= 0.6 is 11.8 Å². The van der Waals surface area contributed by atoms with Crippen molar-refractivity contribution in [2.45, 2.75) is 24.9 Å². The normalized spacial score (nSPS) is 20.3. The van der Waals surface area contributed by atoms with Crippen LogP contribution in [0.2, 0.25) is 0 Å². The van der Waals surface area contributed by atoms with Crippen molar-refractivity contribution >= 4 is 11.8 Å². The van der Waals surface area contributed by atoms with Crippen molar-refractivity contribution in [2.24, 2.45) is 5.92 Å². The van der Waals surface area contributed by atoms with Gasteiger partial charge in [0.15, 0.2) is 0 Å². The lowest BCUT2D eigenvalue weighted by Crippen LogP contribution is -2.33. The van der Waals surface area contributed by atoms with Crippen LogP contribution in [0.3, 0.4) is 0 Å². The largest absolute Gasteiger partial charge is 0.464 e. The summed E-state index contributed by atoms with van der Waals surface area (Å²) < 4.78 is 42.5. The second kappa shape index (κ2) is 7.56. The van der Waals surface area contributed by atoms with Crippen LogP contribution in [0, 0.1) is 5.92 Å². The third kappa shape index (κ3) is 5.92. The Hall–Kier alpha value is -0.660. The molecule has 0 aromatic carbocycles. The van der Waals surface area contributed by atoms with Crippen molar-refractivity contribution in [1.82, 2.24) is 10.2 Å². The summed E-state index contributed by atoms with van der Waals surface area (Å²) in [5, 5.41) is 3.27. The summed E-state index contributed by atoms with van der Waals surface area (Å²) in [6.45, 7) is 1.61. The number of likely N-dealkylation sites (tertiary alicyclic amines) is 1. The van der Waals surface area contributed by atoms with E-state index < -0.39 is 12.7 Å². The fourth-order valence-corrected chi connectivity index (χ4v) is 3.05. The molecule has 0 amide bonds. The van der Waals surface area contributed by atoms with Crippen molar-refractivity contribution in [3.05, 3.63) is 23.7 Å². The van der Waals surface area contributed by atoms with Crippen LogP contribution in [0.1, 0.15) is 17.9 Å². The van der Waals surface area contributed by atoms with Crippen LogP contribution in [-0.2, 0) is 12.3 Å². The van der Waals surface area contributed by atoms with Gasteiger partial charge in [0.05, 0.1) is 18.8 Å². The quantitative estimate of drug-likeness (QED) is 0.835. The van der Waals surface area contributed by atoms with Crippen molar-refractivity contribution < 1.29 is 17.6 Å². The standard InChI is InChI=1S/C14H21F3N2OS/c1-21-9-13-3-2-12(20-13)7-18-6-11-4-5-19(8-11)10-14(15,16)17/h2-3,11,18H,4-10H2,1H3. The van der Waals surface area contributed by atoms with E-state index in [1.165, 1.54) is 4.90 Å². The summed E-state index contributed by atoms with van der Waals surface area (Å²) in [5.41, 5.74) is 0. The SMILES string of the molecule is CSCc1ccc(CNCC2CCN(CC(F)(F)F)C2)o1. The molecule has 1 N–H and O–H groups in total. The molecular formula is C14H21F3N2OS. The molecule has 1 saturated heterocycles. The van der Waals surface area contributed by atoms with E-state index in [4.69, 9.17) is 4.42 Å². The second-order valence-electron chi connectivity index (χ2n) is 5.44. The maximum Gasteiger partial charge on any atom is 0.401 e. The molecule has 120 valence electrons. The fourth-order valence-electron chi connectivity index (χ4n) is 2.61. The van der Waals surface area contributed by atoms with Gasteiger partial charge in [-0.15, -0.1) is 0 Å². The summed E-state index contributed by atoms with van der Waals surface area (Å²) in [5.74, 6) is 2.98. The van der Waals surface area contributed by atoms with Crippen LogP contribution in [0.25, 0.3) is 0 Å². The first-order valence-corrected chi connectivity index (χ1v) is 8.42. The van der Waals surface area contributed by atoms with E-state index >= 15 is 0 Å². The number of rotatable bonds is 7. The smallest absolute Gasteiger partial charge is 0.401 e. The van der Waals surface area contributed by atoms with Gasteiger partial charge in [-0.25, -0.2) is 0 Å². The predicted octanol–water partition coefficient (Wildman–Crippen LogP) is 3.12. The molecule has 1 aromatic heterocycles. The zero-order chi connectivity index (χ0) is 15.3. The van der Waals surface area contributed by atoms with Gasteiger partial charge in [-0.2, -0.15) is 24.9 Å². The number of hydrogen-bond donors (Lipinski definition) is 1. The van der Waals surface area contributed by atoms with Gasteiger partial charge < -0.3 is 9.73 Å². The lowest BCUT2D eigenvalue weighted by molar-refractivity contribution is -0.143. The Bertz CT molecular complexity index is 436. The summed E-state index contributed by atoms with van der Waals surface area (Å²) in [7, 11) is 0. The van der Waals surface area contributed by atoms with E-state index in [9.17, 15) is 13.2 Å². The Morgan fingerprint density at radius 3 is 2.86 bits per heavy atom. The Balaban J connectivity index is 1.65. The highest BCUT2D eigenvalue weighted by molar-refractivity contribution is 7.97. The molecule has 1 unspecified atom stereocenters. The zero-order valence-corrected chi connectivity index (χ0v) is 12.9.